The molecule has 19 heavy (non-hydrogen) atoms. The number of aliphatic hydroxyl groups excluding tert-OH is 1. The fraction of sp³-hybridized carbons (Fsp3) is 0.462. The minimum Gasteiger partial charge on any atom is -0.395 e. The van der Waals surface area contributed by atoms with E-state index in [1.54, 1.807) is 11.0 Å². The summed E-state index contributed by atoms with van der Waals surface area (Å²) < 4.78 is 27.7. The van der Waals surface area contributed by atoms with Crippen molar-refractivity contribution in [3.05, 3.63) is 29.3 Å². The van der Waals surface area contributed by atoms with Crippen LogP contribution in [0.25, 0.3) is 0 Å². The van der Waals surface area contributed by atoms with Crippen molar-refractivity contribution in [1.29, 1.82) is 5.26 Å². The Hall–Kier alpha value is -1.71. The predicted molar refractivity (Wildman–Crippen MR) is 66.8 cm³/mol. The van der Waals surface area contributed by atoms with E-state index < -0.39 is 11.6 Å². The van der Waals surface area contributed by atoms with Crippen molar-refractivity contribution in [2.75, 3.05) is 44.2 Å². The van der Waals surface area contributed by atoms with Gasteiger partial charge in [0.05, 0.1) is 18.2 Å². The number of aliphatic hydroxyl groups is 1. The molecule has 0 unspecified atom stereocenters. The van der Waals surface area contributed by atoms with Crippen LogP contribution in [0.1, 0.15) is 5.56 Å². The maximum atomic E-state index is 13.8. The maximum Gasteiger partial charge on any atom is 0.150 e. The number of anilines is 1. The second-order valence-electron chi connectivity index (χ2n) is 4.45. The fourth-order valence-corrected chi connectivity index (χ4v) is 2.27. The highest BCUT2D eigenvalue weighted by atomic mass is 19.1. The zero-order chi connectivity index (χ0) is 13.8. The van der Waals surface area contributed by atoms with Crippen molar-refractivity contribution >= 4 is 5.69 Å². The van der Waals surface area contributed by atoms with Crippen LogP contribution < -0.4 is 4.90 Å². The number of hydrogen-bond donors (Lipinski definition) is 1. The Balaban J connectivity index is 2.14. The summed E-state index contributed by atoms with van der Waals surface area (Å²) >= 11 is 0. The molecule has 1 heterocycles. The second kappa shape index (κ2) is 5.95. The molecular formula is C13H15F2N3O. The van der Waals surface area contributed by atoms with E-state index in [1.807, 2.05) is 4.90 Å². The second-order valence-corrected chi connectivity index (χ2v) is 4.45. The highest BCUT2D eigenvalue weighted by Gasteiger charge is 2.22. The molecule has 4 nitrogen and oxygen atoms in total. The van der Waals surface area contributed by atoms with Crippen LogP contribution in [0.4, 0.5) is 14.5 Å². The molecule has 1 aromatic carbocycles. The smallest absolute Gasteiger partial charge is 0.150 e. The Labute approximate surface area is 110 Å². The molecule has 2 rings (SSSR count). The highest BCUT2D eigenvalue weighted by molar-refractivity contribution is 5.53. The van der Waals surface area contributed by atoms with E-state index in [-0.39, 0.29) is 17.9 Å². The summed E-state index contributed by atoms with van der Waals surface area (Å²) in [4.78, 5) is 3.68. The van der Waals surface area contributed by atoms with E-state index in [2.05, 4.69) is 0 Å². The lowest BCUT2D eigenvalue weighted by atomic mass is 10.1. The average molecular weight is 267 g/mol. The van der Waals surface area contributed by atoms with Crippen LogP contribution in [0.3, 0.4) is 0 Å². The van der Waals surface area contributed by atoms with Gasteiger partial charge in [0.25, 0.3) is 0 Å². The van der Waals surface area contributed by atoms with Crippen LogP contribution in [-0.4, -0.2) is 49.3 Å². The molecule has 1 N–H and O–H groups in total. The summed E-state index contributed by atoms with van der Waals surface area (Å²) in [5.41, 5.74) is -0.0830. The topological polar surface area (TPSA) is 50.5 Å². The van der Waals surface area contributed by atoms with Gasteiger partial charge in [0.2, 0.25) is 0 Å². The Morgan fingerprint density at radius 3 is 2.21 bits per heavy atom. The van der Waals surface area contributed by atoms with Crippen LogP contribution in [-0.2, 0) is 0 Å². The Morgan fingerprint density at radius 1 is 1.16 bits per heavy atom. The molecule has 0 bridgehead atoms. The van der Waals surface area contributed by atoms with Gasteiger partial charge in [0.1, 0.15) is 5.69 Å². The molecule has 0 aromatic heterocycles. The molecule has 0 radical (unpaired) electrons. The standard InChI is InChI=1S/C13H15F2N3O/c14-11-7-10(9-16)8-12(15)13(11)18-3-1-17(2-4-18)5-6-19/h7-8,19H,1-6H2. The molecule has 0 saturated carbocycles. The number of rotatable bonds is 3. The molecule has 1 aliphatic rings. The number of nitrogens with zero attached hydrogens (tertiary/aromatic N) is 3. The van der Waals surface area contributed by atoms with E-state index in [0.29, 0.717) is 32.7 Å². The Bertz CT molecular complexity index is 470. The van der Waals surface area contributed by atoms with Crippen molar-refractivity contribution in [2.45, 2.75) is 0 Å². The van der Waals surface area contributed by atoms with Crippen molar-refractivity contribution in [1.82, 2.24) is 4.90 Å². The van der Waals surface area contributed by atoms with E-state index in [9.17, 15) is 8.78 Å². The lowest BCUT2D eigenvalue weighted by Gasteiger charge is -2.36. The summed E-state index contributed by atoms with van der Waals surface area (Å²) in [5, 5.41) is 17.5. The first-order valence-electron chi connectivity index (χ1n) is 6.13. The number of hydrogen-bond acceptors (Lipinski definition) is 4. The quantitative estimate of drug-likeness (QED) is 0.886. The summed E-state index contributed by atoms with van der Waals surface area (Å²) in [5.74, 6) is -1.40. The van der Waals surface area contributed by atoms with Gasteiger partial charge >= 0.3 is 0 Å². The molecule has 0 amide bonds. The molecule has 0 spiro atoms. The summed E-state index contributed by atoms with van der Waals surface area (Å²) in [6.45, 7) is 2.96. The molecule has 0 atom stereocenters. The van der Waals surface area contributed by atoms with Crippen LogP contribution in [0.15, 0.2) is 12.1 Å². The third-order valence-corrected chi connectivity index (χ3v) is 3.25. The maximum absolute atomic E-state index is 13.8. The average Bonchev–Trinajstić information content (AvgIpc) is 2.40. The molecule has 1 fully saturated rings. The van der Waals surface area contributed by atoms with Crippen LogP contribution in [0, 0.1) is 23.0 Å². The van der Waals surface area contributed by atoms with E-state index in [4.69, 9.17) is 10.4 Å². The van der Waals surface area contributed by atoms with Crippen molar-refractivity contribution in [3.63, 3.8) is 0 Å². The van der Waals surface area contributed by atoms with Gasteiger partial charge in [-0.2, -0.15) is 5.26 Å². The van der Waals surface area contributed by atoms with Gasteiger partial charge in [0.15, 0.2) is 11.6 Å². The van der Waals surface area contributed by atoms with Gasteiger partial charge in [-0.25, -0.2) is 8.78 Å². The van der Waals surface area contributed by atoms with Crippen molar-refractivity contribution < 1.29 is 13.9 Å². The van der Waals surface area contributed by atoms with Gasteiger partial charge in [-0.3, -0.25) is 4.90 Å². The minimum absolute atomic E-state index is 0.0160. The largest absolute Gasteiger partial charge is 0.395 e. The first-order chi connectivity index (χ1) is 9.15. The molecule has 1 aromatic rings. The first-order valence-corrected chi connectivity index (χ1v) is 6.13. The van der Waals surface area contributed by atoms with E-state index >= 15 is 0 Å². The minimum atomic E-state index is -0.702. The number of piperazine rings is 1. The third-order valence-electron chi connectivity index (χ3n) is 3.25. The summed E-state index contributed by atoms with van der Waals surface area (Å²) in [6.07, 6.45) is 0. The van der Waals surface area contributed by atoms with Gasteiger partial charge in [-0.05, 0) is 12.1 Å². The van der Waals surface area contributed by atoms with E-state index in [0.717, 1.165) is 12.1 Å². The zero-order valence-corrected chi connectivity index (χ0v) is 10.4. The van der Waals surface area contributed by atoms with Gasteiger partial charge in [0, 0.05) is 32.7 Å². The first kappa shape index (κ1) is 13.7. The molecule has 102 valence electrons. The van der Waals surface area contributed by atoms with Crippen molar-refractivity contribution in [2.24, 2.45) is 0 Å². The molecule has 1 aliphatic heterocycles. The monoisotopic (exact) mass is 267 g/mol. The number of halogens is 2. The Morgan fingerprint density at radius 2 is 1.74 bits per heavy atom. The van der Waals surface area contributed by atoms with Crippen LogP contribution >= 0.6 is 0 Å². The zero-order valence-electron chi connectivity index (χ0n) is 10.4. The van der Waals surface area contributed by atoms with Gasteiger partial charge in [-0.15, -0.1) is 0 Å². The molecule has 6 heteroatoms. The lowest BCUT2D eigenvalue weighted by Crippen LogP contribution is -2.47. The van der Waals surface area contributed by atoms with Gasteiger partial charge < -0.3 is 10.0 Å². The Kier molecular flexibility index (Phi) is 4.30. The fourth-order valence-electron chi connectivity index (χ4n) is 2.27. The number of benzene rings is 1. The highest BCUT2D eigenvalue weighted by Crippen LogP contribution is 2.25. The summed E-state index contributed by atoms with van der Waals surface area (Å²) in [7, 11) is 0. The SMILES string of the molecule is N#Cc1cc(F)c(N2CCN(CCO)CC2)c(F)c1. The lowest BCUT2D eigenvalue weighted by molar-refractivity contribution is 0.188. The third kappa shape index (κ3) is 3.00. The van der Waals surface area contributed by atoms with Crippen molar-refractivity contribution in [3.8, 4) is 6.07 Å². The molecule has 0 aliphatic carbocycles. The molecular weight excluding hydrogens is 252 g/mol. The van der Waals surface area contributed by atoms with Crippen LogP contribution in [0.5, 0.6) is 0 Å². The number of β-amino-alcohol motifs (C(OH)–C–C–N with tert-alkyl or cyclic N) is 1. The van der Waals surface area contributed by atoms with Gasteiger partial charge in [-0.1, -0.05) is 0 Å². The molecule has 1 saturated heterocycles. The predicted octanol–water partition coefficient (Wildman–Crippen LogP) is 0.951. The summed E-state index contributed by atoms with van der Waals surface area (Å²) in [6, 6.07) is 3.84. The van der Waals surface area contributed by atoms with E-state index in [1.165, 1.54) is 0 Å². The van der Waals surface area contributed by atoms with Crippen LogP contribution in [0.2, 0.25) is 0 Å². The normalized spacial score (nSPS) is 16.4. The number of nitriles is 1.